The molecule has 2 heterocycles. The number of amides is 1. The summed E-state index contributed by atoms with van der Waals surface area (Å²) in [5, 5.41) is 49.9. The summed E-state index contributed by atoms with van der Waals surface area (Å²) in [7, 11) is 1.48. The van der Waals surface area contributed by atoms with Crippen LogP contribution in [-0.4, -0.2) is 151 Å². The molecular weight excluding hydrogens is 1080 g/mol. The zero-order valence-electron chi connectivity index (χ0n) is 49.1. The molecule has 3 saturated carbocycles. The number of aliphatic hydroxyl groups is 4. The van der Waals surface area contributed by atoms with E-state index in [4.69, 9.17) is 42.6 Å². The highest BCUT2D eigenvalue weighted by Crippen LogP contribution is 2.69. The summed E-state index contributed by atoms with van der Waals surface area (Å²) in [5.74, 6) is -2.33. The lowest BCUT2D eigenvalue weighted by Gasteiger charge is -2.59. The van der Waals surface area contributed by atoms with Gasteiger partial charge in [-0.2, -0.15) is 0 Å². The number of ketones is 1. The van der Waals surface area contributed by atoms with Crippen LogP contribution in [0.4, 0.5) is 4.79 Å². The lowest BCUT2D eigenvalue weighted by molar-refractivity contribution is -0.345. The highest BCUT2D eigenvalue weighted by atomic mass is 16.8. The monoisotopic (exact) mass is 1170 g/mol. The number of rotatable bonds is 19. The predicted octanol–water partition coefficient (Wildman–Crippen LogP) is 7.50. The number of hydrogen-bond acceptors (Lipinski definition) is 18. The molecule has 0 spiro atoms. The Kier molecular flexibility index (Phi) is 18.5. The first kappa shape index (κ1) is 61.3. The Bertz CT molecular complexity index is 2870. The highest BCUT2D eigenvalue weighted by molar-refractivity contribution is 5.89. The Morgan fingerprint density at radius 3 is 2.10 bits per heavy atom. The number of carbonyl (C=O) groups excluding carboxylic acids is 5. The second-order valence-corrected chi connectivity index (χ2v) is 25.2. The first-order valence-corrected chi connectivity index (χ1v) is 30.0. The van der Waals surface area contributed by atoms with Crippen molar-refractivity contribution >= 4 is 29.8 Å². The number of allylic oxidation sites excluding steroid dienone is 1. The molecule has 5 N–H and O–H groups in total. The van der Waals surface area contributed by atoms with Crippen LogP contribution in [0.5, 0.6) is 5.75 Å². The molecule has 1 amide bonds. The van der Waals surface area contributed by atoms with E-state index < -0.39 is 109 Å². The van der Waals surface area contributed by atoms with Gasteiger partial charge in [0.05, 0.1) is 38.4 Å². The molecular formula is C65H83NO18. The molecule has 5 aliphatic carbocycles. The molecule has 3 aromatic carbocycles. The van der Waals surface area contributed by atoms with Crippen molar-refractivity contribution in [1.82, 2.24) is 5.32 Å². The van der Waals surface area contributed by atoms with Crippen molar-refractivity contribution in [3.63, 3.8) is 0 Å². The first-order valence-electron chi connectivity index (χ1n) is 30.0. The van der Waals surface area contributed by atoms with E-state index in [9.17, 15) is 44.4 Å². The van der Waals surface area contributed by atoms with Gasteiger partial charge in [0, 0.05) is 43.6 Å². The standard InChI is InChI=1S/C65H83NO18/c1-35(2)16-23-50(68)36(3)65(75)53(82-61-58(80-37(4)67)56(52(70)34-78-61)84-60-57(55(72)51(69)33-77-60)83-59(73)38-17-20-40(76-7)21-18-38)31-49-46-22-19-39-30-41(24-27-63(39,5)48(46)25-28-64(49,65)6)81-54(71)26-29-66-62(74)79-32-47-44-14-10-8-12-42(44)43-13-9-11-15-45(43)47/h8-15,17-21,35-36,41,46-49,51-53,55-58,60-61,69-70,72,75H,16,22-34H2,1-7H3,(H,66,74)/t36-,41+,46-,48?,49+,51?,52?,53+,55?,56?,57?,58?,60?,61?,63+,64+,65-/m1/s1. The topological polar surface area (TPSA) is 261 Å². The maximum atomic E-state index is 14.4. The van der Waals surface area contributed by atoms with Crippen LogP contribution in [0.15, 0.2) is 84.4 Å². The van der Waals surface area contributed by atoms with E-state index in [-0.39, 0.29) is 78.4 Å². The van der Waals surface area contributed by atoms with Gasteiger partial charge in [-0.3, -0.25) is 14.4 Å². The number of aliphatic hydroxyl groups excluding tert-OH is 3. The maximum absolute atomic E-state index is 14.4. The number of Topliss-reactive ketones (excluding diaryl/α,β-unsaturated/α-hetero) is 1. The number of carbonyl (C=O) groups is 5. The van der Waals surface area contributed by atoms with Crippen molar-refractivity contribution in [2.24, 2.45) is 40.4 Å². The second kappa shape index (κ2) is 25.3. The third-order valence-corrected chi connectivity index (χ3v) is 20.0. The molecule has 5 fully saturated rings. The minimum atomic E-state index is -1.75. The van der Waals surface area contributed by atoms with Gasteiger partial charge in [-0.15, -0.1) is 0 Å². The number of benzene rings is 3. The quantitative estimate of drug-likeness (QED) is 0.0442. The molecule has 0 bridgehead atoms. The van der Waals surface area contributed by atoms with Crippen molar-refractivity contribution in [3.05, 3.63) is 101 Å². The van der Waals surface area contributed by atoms with Crippen molar-refractivity contribution in [3.8, 4) is 16.9 Å². The molecule has 0 aromatic heterocycles. The van der Waals surface area contributed by atoms with E-state index in [1.54, 1.807) is 19.1 Å². The number of fused-ring (bicyclic) bond motifs is 8. The van der Waals surface area contributed by atoms with E-state index in [0.717, 1.165) is 35.1 Å². The number of ether oxygens (including phenoxy) is 9. The van der Waals surface area contributed by atoms with Crippen LogP contribution in [-0.2, 0) is 52.3 Å². The van der Waals surface area contributed by atoms with Crippen LogP contribution in [0.2, 0.25) is 0 Å². The van der Waals surface area contributed by atoms with Gasteiger partial charge in [0.2, 0.25) is 0 Å². The van der Waals surface area contributed by atoms with Crippen LogP contribution in [0.1, 0.15) is 133 Å². The Morgan fingerprint density at radius 1 is 0.762 bits per heavy atom. The fourth-order valence-corrected chi connectivity index (χ4v) is 15.3. The zero-order chi connectivity index (χ0) is 59.8. The second-order valence-electron chi connectivity index (χ2n) is 25.2. The molecule has 2 saturated heterocycles. The average molecular weight is 1170 g/mol. The van der Waals surface area contributed by atoms with Gasteiger partial charge >= 0.3 is 24.0 Å². The molecule has 456 valence electrons. The number of esters is 3. The summed E-state index contributed by atoms with van der Waals surface area (Å²) < 4.78 is 53.8. The lowest BCUT2D eigenvalue weighted by Crippen LogP contribution is -2.64. The summed E-state index contributed by atoms with van der Waals surface area (Å²) in [5.41, 5.74) is 2.99. The molecule has 7 aliphatic rings. The van der Waals surface area contributed by atoms with E-state index in [1.165, 1.54) is 31.7 Å². The Hall–Kier alpha value is -5.77. The van der Waals surface area contributed by atoms with Crippen molar-refractivity contribution in [2.45, 2.75) is 179 Å². The average Bonchev–Trinajstić information content (AvgIpc) is 1.49. The number of alkyl carbamates (subject to hydrolysis) is 1. The minimum absolute atomic E-state index is 0.0119. The number of methoxy groups -OCH3 is 1. The molecule has 9 unspecified atom stereocenters. The summed E-state index contributed by atoms with van der Waals surface area (Å²) >= 11 is 0. The molecule has 10 rings (SSSR count). The largest absolute Gasteiger partial charge is 0.497 e. The van der Waals surface area contributed by atoms with Crippen molar-refractivity contribution in [1.29, 1.82) is 0 Å². The Labute approximate surface area is 491 Å². The van der Waals surface area contributed by atoms with Gasteiger partial charge in [-0.05, 0) is 121 Å². The molecule has 19 nitrogen and oxygen atoms in total. The van der Waals surface area contributed by atoms with E-state index in [2.05, 4.69) is 49.5 Å². The van der Waals surface area contributed by atoms with Gasteiger partial charge in [-0.1, -0.05) is 94.8 Å². The van der Waals surface area contributed by atoms with Gasteiger partial charge in [-0.25, -0.2) is 9.59 Å². The predicted molar refractivity (Wildman–Crippen MR) is 303 cm³/mol. The van der Waals surface area contributed by atoms with E-state index in [1.807, 2.05) is 38.1 Å². The smallest absolute Gasteiger partial charge is 0.407 e. The van der Waals surface area contributed by atoms with Crippen LogP contribution < -0.4 is 10.1 Å². The highest BCUT2D eigenvalue weighted by Gasteiger charge is 2.71. The third kappa shape index (κ3) is 11.9. The van der Waals surface area contributed by atoms with Crippen LogP contribution in [0.3, 0.4) is 0 Å². The molecule has 84 heavy (non-hydrogen) atoms. The normalized spacial score (nSPS) is 34.5. The van der Waals surface area contributed by atoms with Crippen LogP contribution in [0, 0.1) is 40.4 Å². The lowest BCUT2D eigenvalue weighted by atomic mass is 9.46. The summed E-state index contributed by atoms with van der Waals surface area (Å²) in [6.45, 7) is 10.8. The summed E-state index contributed by atoms with van der Waals surface area (Å²) in [6, 6.07) is 22.3. The fourth-order valence-electron chi connectivity index (χ4n) is 15.3. The van der Waals surface area contributed by atoms with Gasteiger partial charge in [0.1, 0.15) is 54.3 Å². The van der Waals surface area contributed by atoms with E-state index >= 15 is 0 Å². The minimum Gasteiger partial charge on any atom is -0.497 e. The Morgan fingerprint density at radius 2 is 1.43 bits per heavy atom. The SMILES string of the molecule is COc1ccc(C(=O)OC2C(OC3C(O)COC(O[C@H]4C[C@H]5[C@@H]6CC=C7C[C@@H](OC(=O)CCNC(=O)OCC8c9ccccc9-c9ccccc98)CC[C@]7(C)C6CC[C@]5(C)[C@@]4(O)[C@H](C)C(=O)CCC(C)C)C3OC(C)=O)OCC(O)C2O)cc1. The number of hydrogen-bond donors (Lipinski definition) is 5. The summed E-state index contributed by atoms with van der Waals surface area (Å²) in [6.07, 6.45) is -6.86. The van der Waals surface area contributed by atoms with Crippen molar-refractivity contribution in [2.75, 3.05) is 33.5 Å². The van der Waals surface area contributed by atoms with Gasteiger partial charge in [0.25, 0.3) is 0 Å². The molecule has 2 aliphatic heterocycles. The van der Waals surface area contributed by atoms with Crippen LogP contribution >= 0.6 is 0 Å². The molecule has 19 heteroatoms. The van der Waals surface area contributed by atoms with Gasteiger partial charge in [0.15, 0.2) is 24.8 Å². The molecule has 0 radical (unpaired) electrons. The zero-order valence-corrected chi connectivity index (χ0v) is 49.1. The van der Waals surface area contributed by atoms with Crippen LogP contribution in [0.25, 0.3) is 11.1 Å². The maximum Gasteiger partial charge on any atom is 0.407 e. The van der Waals surface area contributed by atoms with Gasteiger partial charge < -0.3 is 68.4 Å². The fraction of sp³-hybridized carbons (Fsp3) is 0.615. The molecule has 17 atom stereocenters. The molecule has 3 aromatic rings. The summed E-state index contributed by atoms with van der Waals surface area (Å²) in [4.78, 5) is 67.1. The van der Waals surface area contributed by atoms with Crippen molar-refractivity contribution < 1.29 is 87.0 Å². The third-order valence-electron chi connectivity index (χ3n) is 20.0. The Balaban J connectivity index is 0.816. The van der Waals surface area contributed by atoms with E-state index in [0.29, 0.717) is 44.3 Å². The first-order chi connectivity index (χ1) is 40.1. The number of nitrogens with one attached hydrogen (secondary N) is 1.